The van der Waals surface area contributed by atoms with Gasteiger partial charge in [0.25, 0.3) is 10.0 Å². The van der Waals surface area contributed by atoms with Crippen molar-refractivity contribution in [3.05, 3.63) is 93.2 Å². The molecule has 0 heterocycles. The Morgan fingerprint density at radius 1 is 0.974 bits per heavy atom. The van der Waals surface area contributed by atoms with Gasteiger partial charge in [0, 0.05) is 23.6 Å². The van der Waals surface area contributed by atoms with Crippen LogP contribution >= 0.6 is 34.8 Å². The topological polar surface area (TPSA) is 86.8 Å². The van der Waals surface area contributed by atoms with Crippen LogP contribution in [0.1, 0.15) is 18.9 Å². The van der Waals surface area contributed by atoms with Crippen LogP contribution in [0.3, 0.4) is 0 Å². The maximum absolute atomic E-state index is 13.9. The maximum atomic E-state index is 13.9. The monoisotopic (exact) mass is 599 g/mol. The van der Waals surface area contributed by atoms with E-state index in [4.69, 9.17) is 34.8 Å². The first-order valence-corrected chi connectivity index (χ1v) is 14.0. The molecule has 7 nitrogen and oxygen atoms in total. The van der Waals surface area contributed by atoms with Gasteiger partial charge in [-0.1, -0.05) is 66.0 Å². The van der Waals surface area contributed by atoms with Crippen LogP contribution in [-0.4, -0.2) is 44.8 Å². The Hall–Kier alpha value is -2.85. The first-order chi connectivity index (χ1) is 18.0. The molecule has 0 spiro atoms. The van der Waals surface area contributed by atoms with Gasteiger partial charge in [0.15, 0.2) is 0 Å². The lowest BCUT2D eigenvalue weighted by Crippen LogP contribution is -2.51. The highest BCUT2D eigenvalue weighted by Crippen LogP contribution is 2.29. The lowest BCUT2D eigenvalue weighted by molar-refractivity contribution is -0.140. The summed E-state index contributed by atoms with van der Waals surface area (Å²) < 4.78 is 42.1. The summed E-state index contributed by atoms with van der Waals surface area (Å²) in [6, 6.07) is 14.6. The largest absolute Gasteiger partial charge is 0.357 e. The van der Waals surface area contributed by atoms with E-state index in [1.54, 1.807) is 25.1 Å². The second kappa shape index (κ2) is 12.8. The van der Waals surface area contributed by atoms with Gasteiger partial charge in [-0.15, -0.1) is 0 Å². The molecule has 0 fully saturated rings. The van der Waals surface area contributed by atoms with Crippen LogP contribution < -0.4 is 9.62 Å². The standard InChI is InChI=1S/C26H25Cl3FN3O4S/c1-3-24(26(35)31-2)32(15-17-9-10-18(27)13-21(17)28)25(34)16-33(19-11-12-23(30)22(29)14-19)38(36,37)20-7-5-4-6-8-20/h4-14,24H,3,15-16H2,1-2H3,(H,31,35)/t24-/m0/s1. The summed E-state index contributed by atoms with van der Waals surface area (Å²) in [6.45, 7) is 0.934. The van der Waals surface area contributed by atoms with E-state index in [1.165, 1.54) is 48.3 Å². The van der Waals surface area contributed by atoms with Crippen molar-refractivity contribution < 1.29 is 22.4 Å². The zero-order valence-electron chi connectivity index (χ0n) is 20.5. The first-order valence-electron chi connectivity index (χ1n) is 11.5. The normalized spacial score (nSPS) is 12.1. The average Bonchev–Trinajstić information content (AvgIpc) is 2.90. The van der Waals surface area contributed by atoms with E-state index in [0.717, 1.165) is 16.4 Å². The van der Waals surface area contributed by atoms with Gasteiger partial charge in [0.2, 0.25) is 11.8 Å². The number of carbonyl (C=O) groups is 2. The SMILES string of the molecule is CC[C@@H](C(=O)NC)N(Cc1ccc(Cl)cc1Cl)C(=O)CN(c1ccc(F)c(Cl)c1)S(=O)(=O)c1ccccc1. The molecule has 202 valence electrons. The van der Waals surface area contributed by atoms with Crippen LogP contribution in [0.4, 0.5) is 10.1 Å². The summed E-state index contributed by atoms with van der Waals surface area (Å²) >= 11 is 18.3. The summed E-state index contributed by atoms with van der Waals surface area (Å²) in [4.78, 5) is 27.7. The van der Waals surface area contributed by atoms with Gasteiger partial charge in [-0.2, -0.15) is 0 Å². The van der Waals surface area contributed by atoms with Gasteiger partial charge >= 0.3 is 0 Å². The molecule has 0 saturated carbocycles. The fraction of sp³-hybridized carbons (Fsp3) is 0.231. The predicted molar refractivity (Wildman–Crippen MR) is 148 cm³/mol. The Kier molecular flexibility index (Phi) is 10.0. The summed E-state index contributed by atoms with van der Waals surface area (Å²) in [5.74, 6) is -1.87. The third-order valence-corrected chi connectivity index (χ3v) is 8.45. The molecule has 3 aromatic carbocycles. The van der Waals surface area contributed by atoms with Gasteiger partial charge < -0.3 is 10.2 Å². The molecule has 2 amide bonds. The minimum atomic E-state index is -4.30. The van der Waals surface area contributed by atoms with Crippen molar-refractivity contribution in [3.8, 4) is 0 Å². The summed E-state index contributed by atoms with van der Waals surface area (Å²) in [6.07, 6.45) is 0.241. The minimum absolute atomic E-state index is 0.0222. The number of rotatable bonds is 10. The van der Waals surface area contributed by atoms with E-state index in [1.807, 2.05) is 0 Å². The van der Waals surface area contributed by atoms with Gasteiger partial charge in [-0.25, -0.2) is 12.8 Å². The molecular weight excluding hydrogens is 576 g/mol. The number of nitrogens with zero attached hydrogens (tertiary/aromatic N) is 2. The van der Waals surface area contributed by atoms with Crippen LogP contribution in [0, 0.1) is 5.82 Å². The van der Waals surface area contributed by atoms with Gasteiger partial charge in [-0.05, 0) is 54.4 Å². The number of hydrogen-bond donors (Lipinski definition) is 1. The van der Waals surface area contributed by atoms with E-state index in [2.05, 4.69) is 5.32 Å². The number of sulfonamides is 1. The Morgan fingerprint density at radius 3 is 2.24 bits per heavy atom. The zero-order valence-corrected chi connectivity index (χ0v) is 23.6. The summed E-state index contributed by atoms with van der Waals surface area (Å²) in [5, 5.41) is 2.89. The summed E-state index contributed by atoms with van der Waals surface area (Å²) in [7, 11) is -2.86. The molecule has 0 bridgehead atoms. The molecule has 12 heteroatoms. The molecule has 0 radical (unpaired) electrons. The third kappa shape index (κ3) is 6.77. The molecule has 1 N–H and O–H groups in total. The zero-order chi connectivity index (χ0) is 28.0. The number of carbonyl (C=O) groups excluding carboxylic acids is 2. The van der Waals surface area contributed by atoms with E-state index >= 15 is 0 Å². The maximum Gasteiger partial charge on any atom is 0.264 e. The van der Waals surface area contributed by atoms with Gasteiger partial charge in [-0.3, -0.25) is 13.9 Å². The first kappa shape index (κ1) is 29.7. The van der Waals surface area contributed by atoms with Crippen LogP contribution in [0.2, 0.25) is 15.1 Å². The molecule has 0 saturated heterocycles. The van der Waals surface area contributed by atoms with Crippen molar-refractivity contribution in [2.24, 2.45) is 0 Å². The molecule has 3 aromatic rings. The fourth-order valence-corrected chi connectivity index (χ4v) is 5.88. The fourth-order valence-electron chi connectivity index (χ4n) is 3.81. The molecule has 0 aliphatic rings. The van der Waals surface area contributed by atoms with E-state index in [0.29, 0.717) is 10.6 Å². The van der Waals surface area contributed by atoms with Gasteiger partial charge in [0.1, 0.15) is 18.4 Å². The smallest absolute Gasteiger partial charge is 0.264 e. The molecule has 38 heavy (non-hydrogen) atoms. The lowest BCUT2D eigenvalue weighted by Gasteiger charge is -2.33. The van der Waals surface area contributed by atoms with Crippen LogP contribution in [0.25, 0.3) is 0 Å². The van der Waals surface area contributed by atoms with Crippen LogP contribution in [0.5, 0.6) is 0 Å². The highest BCUT2D eigenvalue weighted by Gasteiger charge is 2.33. The molecule has 0 aliphatic carbocycles. The predicted octanol–water partition coefficient (Wildman–Crippen LogP) is 5.53. The Morgan fingerprint density at radius 2 is 1.66 bits per heavy atom. The number of hydrogen-bond acceptors (Lipinski definition) is 4. The number of halogens is 4. The number of anilines is 1. The van der Waals surface area contributed by atoms with Crippen molar-refractivity contribution in [3.63, 3.8) is 0 Å². The number of nitrogens with one attached hydrogen (secondary N) is 1. The molecule has 0 aliphatic heterocycles. The highest BCUT2D eigenvalue weighted by atomic mass is 35.5. The average molecular weight is 601 g/mol. The number of likely N-dealkylation sites (N-methyl/N-ethyl adjacent to an activating group) is 1. The van der Waals surface area contributed by atoms with Crippen molar-refractivity contribution in [1.29, 1.82) is 0 Å². The van der Waals surface area contributed by atoms with E-state index in [-0.39, 0.29) is 33.6 Å². The van der Waals surface area contributed by atoms with E-state index < -0.39 is 40.2 Å². The lowest BCUT2D eigenvalue weighted by atomic mass is 10.1. The minimum Gasteiger partial charge on any atom is -0.357 e. The quantitative estimate of drug-likeness (QED) is 0.331. The van der Waals surface area contributed by atoms with Crippen LogP contribution in [0.15, 0.2) is 71.6 Å². The van der Waals surface area contributed by atoms with Gasteiger partial charge in [0.05, 0.1) is 15.6 Å². The van der Waals surface area contributed by atoms with Crippen molar-refractivity contribution in [2.75, 3.05) is 17.9 Å². The Labute approximate surface area is 236 Å². The van der Waals surface area contributed by atoms with Crippen LogP contribution in [-0.2, 0) is 26.2 Å². The molecule has 0 unspecified atom stereocenters. The Balaban J connectivity index is 2.09. The molecule has 1 atom stereocenters. The van der Waals surface area contributed by atoms with Crippen molar-refractivity contribution in [1.82, 2.24) is 10.2 Å². The molecular formula is C26H25Cl3FN3O4S. The van der Waals surface area contributed by atoms with Crippen molar-refractivity contribution in [2.45, 2.75) is 30.8 Å². The number of benzene rings is 3. The second-order valence-corrected chi connectivity index (χ2v) is 11.3. The second-order valence-electron chi connectivity index (χ2n) is 8.22. The van der Waals surface area contributed by atoms with E-state index in [9.17, 15) is 22.4 Å². The highest BCUT2D eigenvalue weighted by molar-refractivity contribution is 7.92. The Bertz CT molecular complexity index is 1420. The number of amides is 2. The summed E-state index contributed by atoms with van der Waals surface area (Å²) in [5.41, 5.74) is 0.486. The van der Waals surface area contributed by atoms with Crippen molar-refractivity contribution >= 4 is 62.3 Å². The molecule has 3 rings (SSSR count). The third-order valence-electron chi connectivity index (χ3n) is 5.79. The molecule has 0 aromatic heterocycles.